The Morgan fingerprint density at radius 3 is 2.00 bits per heavy atom. The largest absolute Gasteiger partial charge is 0.493 e. The summed E-state index contributed by atoms with van der Waals surface area (Å²) < 4.78 is 49.7. The summed E-state index contributed by atoms with van der Waals surface area (Å²) in [4.78, 5) is 4.27. The van der Waals surface area contributed by atoms with Crippen molar-refractivity contribution < 1.29 is 27.7 Å². The van der Waals surface area contributed by atoms with Gasteiger partial charge in [0.25, 0.3) is 0 Å². The summed E-state index contributed by atoms with van der Waals surface area (Å²) >= 11 is 0. The molecule has 0 aliphatic carbocycles. The van der Waals surface area contributed by atoms with E-state index >= 15 is 0 Å². The Morgan fingerprint density at radius 1 is 0.871 bits per heavy atom. The van der Waals surface area contributed by atoms with E-state index in [-0.39, 0.29) is 22.5 Å². The Bertz CT molecular complexity index is 1170. The van der Waals surface area contributed by atoms with E-state index in [1.165, 1.54) is 33.5 Å². The first-order valence-corrected chi connectivity index (χ1v) is 8.93. The number of rotatable bonds is 6. The first-order chi connectivity index (χ1) is 14.9. The SMILES string of the molecule is COc1cc(-c2cc(-c3ccc(F)c(OC)c3F)c(C#N)c(N)n2)cc(OC)c1OC. The molecule has 0 saturated heterocycles. The van der Waals surface area contributed by atoms with Crippen molar-refractivity contribution in [2.24, 2.45) is 0 Å². The van der Waals surface area contributed by atoms with Crippen molar-refractivity contribution in [2.75, 3.05) is 34.2 Å². The maximum Gasteiger partial charge on any atom is 0.203 e. The van der Waals surface area contributed by atoms with Gasteiger partial charge >= 0.3 is 0 Å². The van der Waals surface area contributed by atoms with Crippen LogP contribution in [0.1, 0.15) is 5.56 Å². The molecule has 31 heavy (non-hydrogen) atoms. The third kappa shape index (κ3) is 3.75. The molecule has 7 nitrogen and oxygen atoms in total. The molecular formula is C22H19F2N3O4. The Labute approximate surface area is 177 Å². The molecule has 0 saturated carbocycles. The van der Waals surface area contributed by atoms with E-state index in [1.54, 1.807) is 12.1 Å². The van der Waals surface area contributed by atoms with E-state index in [9.17, 15) is 14.0 Å². The zero-order chi connectivity index (χ0) is 22.7. The molecule has 0 bridgehead atoms. The van der Waals surface area contributed by atoms with Gasteiger partial charge in [0, 0.05) is 16.7 Å². The fourth-order valence-electron chi connectivity index (χ4n) is 3.20. The standard InChI is InChI=1S/C22H19F2N3O4/c1-28-17-7-11(8-18(29-2)21(17)31-4)16-9-13(14(10-25)22(26)27-16)12-5-6-15(23)20(30-3)19(12)24/h5-9H,1-4H3,(H2,26,27). The zero-order valence-electron chi connectivity index (χ0n) is 17.2. The van der Waals surface area contributed by atoms with Crippen molar-refractivity contribution in [3.8, 4) is 51.5 Å². The number of halogens is 2. The highest BCUT2D eigenvalue weighted by atomic mass is 19.1. The number of ether oxygens (including phenoxy) is 4. The first-order valence-electron chi connectivity index (χ1n) is 8.93. The highest BCUT2D eigenvalue weighted by molar-refractivity contribution is 5.82. The van der Waals surface area contributed by atoms with Gasteiger partial charge in [-0.15, -0.1) is 0 Å². The van der Waals surface area contributed by atoms with Gasteiger partial charge in [-0.2, -0.15) is 5.26 Å². The van der Waals surface area contributed by atoms with Crippen LogP contribution in [0, 0.1) is 23.0 Å². The maximum absolute atomic E-state index is 14.9. The van der Waals surface area contributed by atoms with Crippen LogP contribution in [0.5, 0.6) is 23.0 Å². The number of hydrogen-bond acceptors (Lipinski definition) is 7. The van der Waals surface area contributed by atoms with Gasteiger partial charge in [0.1, 0.15) is 17.5 Å². The lowest BCUT2D eigenvalue weighted by Gasteiger charge is -2.16. The molecule has 0 radical (unpaired) electrons. The molecule has 0 amide bonds. The van der Waals surface area contributed by atoms with Crippen molar-refractivity contribution in [3.05, 3.63) is 47.5 Å². The number of pyridine rings is 1. The van der Waals surface area contributed by atoms with Gasteiger partial charge in [-0.05, 0) is 30.3 Å². The molecule has 3 aromatic rings. The number of aromatic nitrogens is 1. The van der Waals surface area contributed by atoms with Crippen LogP contribution in [0.3, 0.4) is 0 Å². The molecule has 9 heteroatoms. The van der Waals surface area contributed by atoms with Gasteiger partial charge in [0.2, 0.25) is 5.75 Å². The van der Waals surface area contributed by atoms with Crippen LogP contribution in [-0.4, -0.2) is 33.4 Å². The zero-order valence-corrected chi connectivity index (χ0v) is 17.2. The van der Waals surface area contributed by atoms with Crippen molar-refractivity contribution in [3.63, 3.8) is 0 Å². The van der Waals surface area contributed by atoms with E-state index in [1.807, 2.05) is 6.07 Å². The lowest BCUT2D eigenvalue weighted by Crippen LogP contribution is -2.02. The highest BCUT2D eigenvalue weighted by Crippen LogP contribution is 2.42. The lowest BCUT2D eigenvalue weighted by atomic mass is 9.97. The normalized spacial score (nSPS) is 10.4. The monoisotopic (exact) mass is 427 g/mol. The van der Waals surface area contributed by atoms with Gasteiger partial charge in [-0.1, -0.05) is 0 Å². The molecule has 0 unspecified atom stereocenters. The second-order valence-corrected chi connectivity index (χ2v) is 6.28. The second kappa shape index (κ2) is 8.75. The number of anilines is 1. The number of nitrogens with zero attached hydrogens (tertiary/aromatic N) is 2. The summed E-state index contributed by atoms with van der Waals surface area (Å²) in [6.45, 7) is 0. The average Bonchev–Trinajstić information content (AvgIpc) is 2.77. The Morgan fingerprint density at radius 2 is 1.48 bits per heavy atom. The molecule has 0 fully saturated rings. The minimum atomic E-state index is -0.958. The van der Waals surface area contributed by atoms with E-state index in [4.69, 9.17) is 24.7 Å². The van der Waals surface area contributed by atoms with Crippen LogP contribution in [0.2, 0.25) is 0 Å². The average molecular weight is 427 g/mol. The Hall–Kier alpha value is -4.06. The smallest absolute Gasteiger partial charge is 0.203 e. The summed E-state index contributed by atoms with van der Waals surface area (Å²) in [5.41, 5.74) is 6.86. The van der Waals surface area contributed by atoms with Crippen molar-refractivity contribution in [1.29, 1.82) is 5.26 Å². The number of hydrogen-bond donors (Lipinski definition) is 1. The van der Waals surface area contributed by atoms with Gasteiger partial charge in [-0.3, -0.25) is 0 Å². The van der Waals surface area contributed by atoms with E-state index in [2.05, 4.69) is 4.98 Å². The van der Waals surface area contributed by atoms with Gasteiger partial charge < -0.3 is 24.7 Å². The van der Waals surface area contributed by atoms with Crippen LogP contribution in [-0.2, 0) is 0 Å². The molecular weight excluding hydrogens is 408 g/mol. The fraction of sp³-hybridized carbons (Fsp3) is 0.182. The molecule has 0 atom stereocenters. The molecule has 3 rings (SSSR count). The third-order valence-corrected chi connectivity index (χ3v) is 4.66. The Balaban J connectivity index is 2.30. The maximum atomic E-state index is 14.9. The number of nitrogens with two attached hydrogens (primary N) is 1. The summed E-state index contributed by atoms with van der Waals surface area (Å²) in [5.74, 6) is -1.38. The fourth-order valence-corrected chi connectivity index (χ4v) is 3.20. The van der Waals surface area contributed by atoms with Gasteiger partial charge in [0.05, 0.1) is 34.1 Å². The van der Waals surface area contributed by atoms with Gasteiger partial charge in [0.15, 0.2) is 28.9 Å². The summed E-state index contributed by atoms with van der Waals surface area (Å²) in [5, 5.41) is 9.57. The third-order valence-electron chi connectivity index (χ3n) is 4.66. The van der Waals surface area contributed by atoms with E-state index in [0.29, 0.717) is 28.5 Å². The van der Waals surface area contributed by atoms with Crippen molar-refractivity contribution in [2.45, 2.75) is 0 Å². The van der Waals surface area contributed by atoms with Crippen LogP contribution >= 0.6 is 0 Å². The minimum Gasteiger partial charge on any atom is -0.493 e. The lowest BCUT2D eigenvalue weighted by molar-refractivity contribution is 0.324. The van der Waals surface area contributed by atoms with E-state index < -0.39 is 17.4 Å². The van der Waals surface area contributed by atoms with Crippen molar-refractivity contribution >= 4 is 5.82 Å². The number of methoxy groups -OCH3 is 4. The number of benzene rings is 2. The van der Waals surface area contributed by atoms with Crippen molar-refractivity contribution in [1.82, 2.24) is 4.98 Å². The minimum absolute atomic E-state index is 0.0521. The highest BCUT2D eigenvalue weighted by Gasteiger charge is 2.22. The predicted molar refractivity (Wildman–Crippen MR) is 110 cm³/mol. The second-order valence-electron chi connectivity index (χ2n) is 6.28. The van der Waals surface area contributed by atoms with Crippen LogP contribution < -0.4 is 24.7 Å². The Kier molecular flexibility index (Phi) is 6.11. The predicted octanol–water partition coefficient (Wildman–Crippen LogP) is 4.18. The summed E-state index contributed by atoms with van der Waals surface area (Å²) in [7, 11) is 5.56. The van der Waals surface area contributed by atoms with Gasteiger partial charge in [-0.25, -0.2) is 13.8 Å². The number of nitrogen functional groups attached to an aromatic ring is 1. The molecule has 1 heterocycles. The van der Waals surface area contributed by atoms with Crippen LogP contribution in [0.15, 0.2) is 30.3 Å². The molecule has 2 N–H and O–H groups in total. The summed E-state index contributed by atoms with van der Waals surface area (Å²) in [6.07, 6.45) is 0. The quantitative estimate of drug-likeness (QED) is 0.630. The summed E-state index contributed by atoms with van der Waals surface area (Å²) in [6, 6.07) is 8.94. The first kappa shape index (κ1) is 21.6. The van der Waals surface area contributed by atoms with Crippen LogP contribution in [0.4, 0.5) is 14.6 Å². The number of nitriles is 1. The van der Waals surface area contributed by atoms with Crippen LogP contribution in [0.25, 0.3) is 22.4 Å². The molecule has 0 aliphatic rings. The molecule has 160 valence electrons. The van der Waals surface area contributed by atoms with E-state index in [0.717, 1.165) is 13.2 Å². The molecule has 1 aromatic heterocycles. The molecule has 0 aliphatic heterocycles. The molecule has 0 spiro atoms. The topological polar surface area (TPSA) is 99.6 Å². The molecule has 2 aromatic carbocycles.